The Hall–Kier alpha value is -0.730. The first-order valence-electron chi connectivity index (χ1n) is 6.10. The van der Waals surface area contributed by atoms with Crippen LogP contribution in [0.3, 0.4) is 0 Å². The van der Waals surface area contributed by atoms with Gasteiger partial charge in [0.1, 0.15) is 0 Å². The van der Waals surface area contributed by atoms with E-state index in [1.54, 1.807) is 0 Å². The van der Waals surface area contributed by atoms with Crippen LogP contribution < -0.4 is 5.73 Å². The summed E-state index contributed by atoms with van der Waals surface area (Å²) in [6.07, 6.45) is 3.79. The van der Waals surface area contributed by atoms with Crippen LogP contribution in [-0.4, -0.2) is 29.5 Å². The zero-order valence-corrected chi connectivity index (χ0v) is 10.5. The number of guanidine groups is 1. The highest BCUT2D eigenvalue weighted by atomic mass is 15.3. The van der Waals surface area contributed by atoms with Crippen LogP contribution in [0.2, 0.25) is 0 Å². The summed E-state index contributed by atoms with van der Waals surface area (Å²) in [4.78, 5) is 6.75. The third-order valence-corrected chi connectivity index (χ3v) is 3.08. The van der Waals surface area contributed by atoms with E-state index in [0.29, 0.717) is 18.0 Å². The second kappa shape index (κ2) is 5.38. The van der Waals surface area contributed by atoms with Gasteiger partial charge in [0.05, 0.1) is 0 Å². The van der Waals surface area contributed by atoms with E-state index in [0.717, 1.165) is 12.5 Å². The van der Waals surface area contributed by atoms with E-state index in [-0.39, 0.29) is 0 Å². The quantitative estimate of drug-likeness (QED) is 0.562. The Morgan fingerprint density at radius 2 is 1.87 bits per heavy atom. The van der Waals surface area contributed by atoms with Crippen molar-refractivity contribution in [3.8, 4) is 0 Å². The van der Waals surface area contributed by atoms with Crippen molar-refractivity contribution in [1.82, 2.24) is 4.90 Å². The Kier molecular flexibility index (Phi) is 4.43. The van der Waals surface area contributed by atoms with E-state index in [9.17, 15) is 0 Å². The van der Waals surface area contributed by atoms with Crippen molar-refractivity contribution in [3.63, 3.8) is 0 Å². The van der Waals surface area contributed by atoms with Crippen molar-refractivity contribution in [2.45, 2.75) is 59.0 Å². The molecule has 0 aromatic heterocycles. The molecule has 1 aliphatic heterocycles. The third-order valence-electron chi connectivity index (χ3n) is 3.08. The van der Waals surface area contributed by atoms with Crippen LogP contribution in [0.25, 0.3) is 0 Å². The van der Waals surface area contributed by atoms with E-state index in [4.69, 9.17) is 5.73 Å². The van der Waals surface area contributed by atoms with Crippen molar-refractivity contribution in [3.05, 3.63) is 0 Å². The summed E-state index contributed by atoms with van der Waals surface area (Å²) in [5, 5.41) is 0. The third kappa shape index (κ3) is 3.40. The van der Waals surface area contributed by atoms with Gasteiger partial charge in [-0.25, -0.2) is 0 Å². The van der Waals surface area contributed by atoms with Crippen molar-refractivity contribution in [1.29, 1.82) is 0 Å². The Morgan fingerprint density at radius 3 is 2.33 bits per heavy atom. The lowest BCUT2D eigenvalue weighted by molar-refractivity contribution is 0.188. The SMILES string of the molecule is CC(C)CN=C(N)N1C(C)CCCC1C. The monoisotopic (exact) mass is 211 g/mol. The summed E-state index contributed by atoms with van der Waals surface area (Å²) in [6, 6.07) is 1.09. The zero-order chi connectivity index (χ0) is 11.4. The van der Waals surface area contributed by atoms with Crippen LogP contribution in [0, 0.1) is 5.92 Å². The molecule has 0 aliphatic carbocycles. The Morgan fingerprint density at radius 1 is 1.33 bits per heavy atom. The summed E-state index contributed by atoms with van der Waals surface area (Å²) in [5.74, 6) is 1.32. The molecule has 0 bridgehead atoms. The number of piperidine rings is 1. The summed E-state index contributed by atoms with van der Waals surface area (Å²) in [6.45, 7) is 9.66. The van der Waals surface area contributed by atoms with E-state index >= 15 is 0 Å². The number of nitrogens with two attached hydrogens (primary N) is 1. The molecule has 0 radical (unpaired) electrons. The molecule has 15 heavy (non-hydrogen) atoms. The van der Waals surface area contributed by atoms with E-state index in [1.807, 2.05) is 0 Å². The molecule has 1 saturated heterocycles. The van der Waals surface area contributed by atoms with Crippen molar-refractivity contribution >= 4 is 5.96 Å². The first-order valence-corrected chi connectivity index (χ1v) is 6.10. The van der Waals surface area contributed by atoms with Gasteiger partial charge in [-0.3, -0.25) is 4.99 Å². The normalized spacial score (nSPS) is 28.6. The molecule has 1 aliphatic rings. The Balaban J connectivity index is 2.62. The molecule has 1 fully saturated rings. The van der Waals surface area contributed by atoms with Crippen molar-refractivity contribution in [2.24, 2.45) is 16.6 Å². The maximum Gasteiger partial charge on any atom is 0.191 e. The van der Waals surface area contributed by atoms with Gasteiger partial charge >= 0.3 is 0 Å². The fourth-order valence-electron chi connectivity index (χ4n) is 2.23. The Labute approximate surface area is 93.7 Å². The van der Waals surface area contributed by atoms with Crippen LogP contribution in [0.5, 0.6) is 0 Å². The minimum Gasteiger partial charge on any atom is -0.370 e. The van der Waals surface area contributed by atoms with Gasteiger partial charge in [0, 0.05) is 18.6 Å². The van der Waals surface area contributed by atoms with E-state index in [1.165, 1.54) is 19.3 Å². The molecule has 0 saturated carbocycles. The Bertz CT molecular complexity index is 213. The summed E-state index contributed by atoms with van der Waals surface area (Å²) >= 11 is 0. The molecular weight excluding hydrogens is 186 g/mol. The van der Waals surface area contributed by atoms with Gasteiger partial charge in [-0.05, 0) is 39.0 Å². The van der Waals surface area contributed by atoms with Crippen LogP contribution in [0.15, 0.2) is 4.99 Å². The topological polar surface area (TPSA) is 41.6 Å². The van der Waals surface area contributed by atoms with Gasteiger partial charge in [0.15, 0.2) is 5.96 Å². The summed E-state index contributed by atoms with van der Waals surface area (Å²) in [7, 11) is 0. The number of aliphatic imine (C=N–C) groups is 1. The van der Waals surface area contributed by atoms with Gasteiger partial charge in [-0.15, -0.1) is 0 Å². The fourth-order valence-corrected chi connectivity index (χ4v) is 2.23. The lowest BCUT2D eigenvalue weighted by atomic mass is 9.98. The molecule has 1 rings (SSSR count). The van der Waals surface area contributed by atoms with E-state index < -0.39 is 0 Å². The largest absolute Gasteiger partial charge is 0.370 e. The first kappa shape index (κ1) is 12.3. The van der Waals surface area contributed by atoms with Crippen LogP contribution in [0.1, 0.15) is 47.0 Å². The van der Waals surface area contributed by atoms with Gasteiger partial charge < -0.3 is 10.6 Å². The second-order valence-corrected chi connectivity index (χ2v) is 5.13. The van der Waals surface area contributed by atoms with Gasteiger partial charge in [-0.1, -0.05) is 13.8 Å². The highest BCUT2D eigenvalue weighted by molar-refractivity contribution is 5.78. The highest BCUT2D eigenvalue weighted by Gasteiger charge is 2.25. The number of hydrogen-bond acceptors (Lipinski definition) is 1. The molecule has 2 unspecified atom stereocenters. The molecule has 0 spiro atoms. The minimum atomic E-state index is 0.546. The summed E-state index contributed by atoms with van der Waals surface area (Å²) in [5.41, 5.74) is 6.05. The van der Waals surface area contributed by atoms with Gasteiger partial charge in [-0.2, -0.15) is 0 Å². The molecular formula is C12H25N3. The second-order valence-electron chi connectivity index (χ2n) is 5.13. The van der Waals surface area contributed by atoms with Gasteiger partial charge in [0.2, 0.25) is 0 Å². The average Bonchev–Trinajstić information content (AvgIpc) is 2.14. The highest BCUT2D eigenvalue weighted by Crippen LogP contribution is 2.21. The van der Waals surface area contributed by atoms with E-state index in [2.05, 4.69) is 37.6 Å². The number of likely N-dealkylation sites (tertiary alicyclic amines) is 1. The standard InChI is InChI=1S/C12H25N3/c1-9(2)8-14-12(13)15-10(3)6-5-7-11(15)4/h9-11H,5-8H2,1-4H3,(H2,13,14). The van der Waals surface area contributed by atoms with Crippen molar-refractivity contribution < 1.29 is 0 Å². The lowest BCUT2D eigenvalue weighted by Crippen LogP contribution is -2.51. The van der Waals surface area contributed by atoms with Gasteiger partial charge in [0.25, 0.3) is 0 Å². The molecule has 3 nitrogen and oxygen atoms in total. The molecule has 2 N–H and O–H groups in total. The maximum absolute atomic E-state index is 6.05. The smallest absolute Gasteiger partial charge is 0.191 e. The zero-order valence-electron chi connectivity index (χ0n) is 10.5. The lowest BCUT2D eigenvalue weighted by Gasteiger charge is -2.39. The predicted molar refractivity (Wildman–Crippen MR) is 65.9 cm³/mol. The minimum absolute atomic E-state index is 0.546. The maximum atomic E-state index is 6.05. The van der Waals surface area contributed by atoms with Crippen LogP contribution in [-0.2, 0) is 0 Å². The number of hydrogen-bond donors (Lipinski definition) is 1. The molecule has 88 valence electrons. The fraction of sp³-hybridized carbons (Fsp3) is 0.917. The van der Waals surface area contributed by atoms with Crippen molar-refractivity contribution in [2.75, 3.05) is 6.54 Å². The molecule has 1 heterocycles. The molecule has 0 aromatic rings. The molecule has 0 amide bonds. The number of nitrogens with zero attached hydrogens (tertiary/aromatic N) is 2. The first-order chi connectivity index (χ1) is 7.02. The van der Waals surface area contributed by atoms with Crippen LogP contribution >= 0.6 is 0 Å². The summed E-state index contributed by atoms with van der Waals surface area (Å²) < 4.78 is 0. The molecule has 2 atom stereocenters. The molecule has 0 aromatic carbocycles. The molecule has 3 heteroatoms. The number of rotatable bonds is 2. The van der Waals surface area contributed by atoms with Crippen LogP contribution in [0.4, 0.5) is 0 Å². The average molecular weight is 211 g/mol. The predicted octanol–water partition coefficient (Wildman–Crippen LogP) is 2.22.